The van der Waals surface area contributed by atoms with Crippen LogP contribution in [0.2, 0.25) is 0 Å². The molecule has 168 valence electrons. The van der Waals surface area contributed by atoms with Gasteiger partial charge in [0.2, 0.25) is 0 Å². The molecule has 0 unspecified atom stereocenters. The summed E-state index contributed by atoms with van der Waals surface area (Å²) in [6.45, 7) is 8.26. The molecular formula is C20H30FIN4O2S2. The molecule has 2 N–H and O–H groups in total. The lowest BCUT2D eigenvalue weighted by Crippen LogP contribution is -2.38. The van der Waals surface area contributed by atoms with E-state index in [1.807, 2.05) is 32.9 Å². The van der Waals surface area contributed by atoms with Gasteiger partial charge in [-0.25, -0.2) is 17.8 Å². The fourth-order valence-corrected chi connectivity index (χ4v) is 5.74. The van der Waals surface area contributed by atoms with Gasteiger partial charge in [-0.05, 0) is 43.2 Å². The van der Waals surface area contributed by atoms with Crippen LogP contribution in [-0.4, -0.2) is 44.9 Å². The Morgan fingerprint density at radius 3 is 2.50 bits per heavy atom. The lowest BCUT2D eigenvalue weighted by Gasteiger charge is -2.16. The molecule has 0 fully saturated rings. The van der Waals surface area contributed by atoms with E-state index < -0.39 is 10.0 Å². The molecular weight excluding hydrogens is 538 g/mol. The van der Waals surface area contributed by atoms with E-state index in [1.54, 1.807) is 12.1 Å². The number of aliphatic imine (C=N–C) groups is 1. The summed E-state index contributed by atoms with van der Waals surface area (Å²) in [4.78, 5) is 5.46. The van der Waals surface area contributed by atoms with Crippen molar-refractivity contribution in [2.24, 2.45) is 4.99 Å². The van der Waals surface area contributed by atoms with Gasteiger partial charge in [-0.2, -0.15) is 4.31 Å². The van der Waals surface area contributed by atoms with Gasteiger partial charge in [-0.15, -0.1) is 35.3 Å². The number of sulfonamides is 1. The monoisotopic (exact) mass is 568 g/mol. The van der Waals surface area contributed by atoms with Crippen LogP contribution in [0.25, 0.3) is 0 Å². The van der Waals surface area contributed by atoms with Crippen molar-refractivity contribution in [3.63, 3.8) is 0 Å². The van der Waals surface area contributed by atoms with E-state index in [4.69, 9.17) is 0 Å². The first-order chi connectivity index (χ1) is 13.9. The fraction of sp³-hybridized carbons (Fsp3) is 0.450. The average Bonchev–Trinajstić information content (AvgIpc) is 3.17. The molecule has 0 saturated heterocycles. The number of halogens is 2. The minimum atomic E-state index is -3.41. The highest BCUT2D eigenvalue weighted by molar-refractivity contribution is 14.0. The zero-order valence-corrected chi connectivity index (χ0v) is 21.5. The first-order valence-corrected chi connectivity index (χ1v) is 12.0. The molecule has 0 saturated carbocycles. The molecule has 10 heteroatoms. The number of thiophene rings is 1. The van der Waals surface area contributed by atoms with Crippen LogP contribution >= 0.6 is 35.3 Å². The molecule has 2 rings (SSSR count). The van der Waals surface area contributed by atoms with Crippen LogP contribution in [0.3, 0.4) is 0 Å². The van der Waals surface area contributed by atoms with Gasteiger partial charge in [0.05, 0.1) is 6.54 Å². The van der Waals surface area contributed by atoms with Crippen LogP contribution in [-0.2, 0) is 23.0 Å². The van der Waals surface area contributed by atoms with Crippen LogP contribution in [0.4, 0.5) is 4.39 Å². The van der Waals surface area contributed by atoms with E-state index in [0.717, 1.165) is 10.4 Å². The quantitative estimate of drug-likeness (QED) is 0.260. The van der Waals surface area contributed by atoms with Crippen molar-refractivity contribution in [3.05, 3.63) is 52.7 Å². The Hall–Kier alpha value is -1.24. The SMILES string of the molecule is CCNC(=NCc1cccc(F)c1)NCCc1ccc(S(=O)(=O)N(CC)CC)s1.I. The van der Waals surface area contributed by atoms with Gasteiger partial charge in [-0.1, -0.05) is 26.0 Å². The number of benzene rings is 1. The topological polar surface area (TPSA) is 73.8 Å². The summed E-state index contributed by atoms with van der Waals surface area (Å²) < 4.78 is 40.3. The summed E-state index contributed by atoms with van der Waals surface area (Å²) in [6.07, 6.45) is 0.683. The zero-order valence-electron chi connectivity index (χ0n) is 17.5. The summed E-state index contributed by atoms with van der Waals surface area (Å²) in [6, 6.07) is 9.92. The maximum Gasteiger partial charge on any atom is 0.252 e. The second-order valence-corrected chi connectivity index (χ2v) is 9.65. The van der Waals surface area contributed by atoms with Gasteiger partial charge < -0.3 is 10.6 Å². The number of guanidine groups is 1. The molecule has 0 aliphatic carbocycles. The highest BCUT2D eigenvalue weighted by atomic mass is 127. The van der Waals surface area contributed by atoms with Crippen LogP contribution in [0, 0.1) is 5.82 Å². The molecule has 30 heavy (non-hydrogen) atoms. The lowest BCUT2D eigenvalue weighted by molar-refractivity contribution is 0.447. The second-order valence-electron chi connectivity index (χ2n) is 6.31. The maximum atomic E-state index is 13.3. The van der Waals surface area contributed by atoms with Crippen molar-refractivity contribution in [3.8, 4) is 0 Å². The number of nitrogens with one attached hydrogen (secondary N) is 2. The number of nitrogens with zero attached hydrogens (tertiary/aromatic N) is 2. The lowest BCUT2D eigenvalue weighted by atomic mass is 10.2. The first kappa shape index (κ1) is 26.8. The van der Waals surface area contributed by atoms with Crippen molar-refractivity contribution < 1.29 is 12.8 Å². The number of hydrogen-bond donors (Lipinski definition) is 2. The van der Waals surface area contributed by atoms with Crippen molar-refractivity contribution >= 4 is 51.3 Å². The summed E-state index contributed by atoms with van der Waals surface area (Å²) in [7, 11) is -3.41. The predicted octanol–water partition coefficient (Wildman–Crippen LogP) is 3.83. The molecule has 0 atom stereocenters. The van der Waals surface area contributed by atoms with Gasteiger partial charge in [0, 0.05) is 31.1 Å². The molecule has 0 aliphatic heterocycles. The summed E-state index contributed by atoms with van der Waals surface area (Å²) >= 11 is 1.30. The molecule has 0 aliphatic rings. The van der Waals surface area contributed by atoms with E-state index in [1.165, 1.54) is 27.8 Å². The van der Waals surface area contributed by atoms with Crippen LogP contribution in [0.1, 0.15) is 31.2 Å². The van der Waals surface area contributed by atoms with E-state index in [0.29, 0.717) is 49.3 Å². The van der Waals surface area contributed by atoms with Gasteiger partial charge >= 0.3 is 0 Å². The van der Waals surface area contributed by atoms with Crippen molar-refractivity contribution in [2.75, 3.05) is 26.2 Å². The van der Waals surface area contributed by atoms with Gasteiger partial charge in [0.15, 0.2) is 5.96 Å². The van der Waals surface area contributed by atoms with Gasteiger partial charge in [0.25, 0.3) is 10.0 Å². The van der Waals surface area contributed by atoms with Crippen molar-refractivity contribution in [2.45, 2.75) is 37.9 Å². The summed E-state index contributed by atoms with van der Waals surface area (Å²) in [5, 5.41) is 6.40. The minimum absolute atomic E-state index is 0. The summed E-state index contributed by atoms with van der Waals surface area (Å²) in [5.74, 6) is 0.369. The third-order valence-corrected chi connectivity index (χ3v) is 7.92. The predicted molar refractivity (Wildman–Crippen MR) is 133 cm³/mol. The minimum Gasteiger partial charge on any atom is -0.357 e. The van der Waals surface area contributed by atoms with E-state index in [9.17, 15) is 12.8 Å². The maximum absolute atomic E-state index is 13.3. The Labute approximate surface area is 200 Å². The van der Waals surface area contributed by atoms with Crippen LogP contribution < -0.4 is 10.6 Å². The van der Waals surface area contributed by atoms with Crippen LogP contribution in [0.5, 0.6) is 0 Å². The highest BCUT2D eigenvalue weighted by Crippen LogP contribution is 2.25. The first-order valence-electron chi connectivity index (χ1n) is 9.76. The molecule has 6 nitrogen and oxygen atoms in total. The Balaban J connectivity index is 0.00000450. The van der Waals surface area contributed by atoms with Gasteiger partial charge in [0.1, 0.15) is 10.0 Å². The molecule has 0 radical (unpaired) electrons. The average molecular weight is 569 g/mol. The standard InChI is InChI=1S/C20H29FN4O2S2.HI/c1-4-22-20(24-15-16-8-7-9-17(21)14-16)23-13-12-18-10-11-19(28-18)29(26,27)25(5-2)6-3;/h7-11,14H,4-6,12-13,15H2,1-3H3,(H2,22,23,24);1H. The molecule has 1 aromatic heterocycles. The zero-order chi connectivity index (χ0) is 21.3. The highest BCUT2D eigenvalue weighted by Gasteiger charge is 2.23. The molecule has 2 aromatic rings. The molecule has 1 aromatic carbocycles. The Bertz CT molecular complexity index is 915. The van der Waals surface area contributed by atoms with E-state index >= 15 is 0 Å². The summed E-state index contributed by atoms with van der Waals surface area (Å²) in [5.41, 5.74) is 0.798. The largest absolute Gasteiger partial charge is 0.357 e. The third-order valence-electron chi connectivity index (χ3n) is 4.25. The van der Waals surface area contributed by atoms with E-state index in [-0.39, 0.29) is 29.8 Å². The molecule has 0 spiro atoms. The molecule has 1 heterocycles. The van der Waals surface area contributed by atoms with Gasteiger partial charge in [-0.3, -0.25) is 0 Å². The fourth-order valence-electron chi connectivity index (χ4n) is 2.77. The normalized spacial score (nSPS) is 12.0. The Morgan fingerprint density at radius 2 is 1.87 bits per heavy atom. The number of hydrogen-bond acceptors (Lipinski definition) is 4. The Morgan fingerprint density at radius 1 is 1.13 bits per heavy atom. The third kappa shape index (κ3) is 7.78. The van der Waals surface area contributed by atoms with Crippen molar-refractivity contribution in [1.82, 2.24) is 14.9 Å². The van der Waals surface area contributed by atoms with Crippen molar-refractivity contribution in [1.29, 1.82) is 0 Å². The molecule has 0 bridgehead atoms. The van der Waals surface area contributed by atoms with Crippen LogP contribution in [0.15, 0.2) is 45.6 Å². The number of rotatable bonds is 10. The van der Waals surface area contributed by atoms with E-state index in [2.05, 4.69) is 15.6 Å². The molecule has 0 amide bonds. The second kappa shape index (κ2) is 13.2. The smallest absolute Gasteiger partial charge is 0.252 e. The Kier molecular flexibility index (Phi) is 11.8.